The molecule has 0 saturated carbocycles. The van der Waals surface area contributed by atoms with E-state index >= 15 is 0 Å². The minimum absolute atomic E-state index is 0.0329. The van der Waals surface area contributed by atoms with Gasteiger partial charge in [0.2, 0.25) is 5.91 Å². The monoisotopic (exact) mass is 252 g/mol. The van der Waals surface area contributed by atoms with Crippen LogP contribution in [0.25, 0.3) is 0 Å². The Morgan fingerprint density at radius 3 is 2.28 bits per heavy atom. The molecular formula is C14H21FN2O. The molecule has 0 saturated heterocycles. The molecule has 0 aliphatic rings. The molecule has 0 spiro atoms. The topological polar surface area (TPSA) is 32.3 Å². The standard InChI is InChI=1S/C14H21FN2O/c1-9-6-12(7-10(2)13(9)15)8-16-11(3)14(18)17(4)5/h6-7,11,16H,8H2,1-5H3. The second-order valence-corrected chi connectivity index (χ2v) is 4.88. The van der Waals surface area contributed by atoms with Crippen molar-refractivity contribution in [2.24, 2.45) is 0 Å². The van der Waals surface area contributed by atoms with Crippen molar-refractivity contribution in [1.29, 1.82) is 0 Å². The van der Waals surface area contributed by atoms with Crippen LogP contribution in [0.1, 0.15) is 23.6 Å². The van der Waals surface area contributed by atoms with Crippen molar-refractivity contribution in [3.05, 3.63) is 34.6 Å². The molecule has 1 amide bonds. The Balaban J connectivity index is 2.67. The van der Waals surface area contributed by atoms with Crippen LogP contribution in [-0.4, -0.2) is 30.9 Å². The second kappa shape index (κ2) is 5.96. The quantitative estimate of drug-likeness (QED) is 0.889. The fourth-order valence-corrected chi connectivity index (χ4v) is 1.88. The van der Waals surface area contributed by atoms with Crippen molar-refractivity contribution < 1.29 is 9.18 Å². The summed E-state index contributed by atoms with van der Waals surface area (Å²) in [6.45, 7) is 5.88. The number of nitrogens with zero attached hydrogens (tertiary/aromatic N) is 1. The lowest BCUT2D eigenvalue weighted by Gasteiger charge is -2.18. The van der Waals surface area contributed by atoms with Crippen LogP contribution < -0.4 is 5.32 Å². The van der Waals surface area contributed by atoms with Gasteiger partial charge in [-0.25, -0.2) is 4.39 Å². The van der Waals surface area contributed by atoms with E-state index in [2.05, 4.69) is 5.32 Å². The summed E-state index contributed by atoms with van der Waals surface area (Å²) in [5.74, 6) is -0.123. The molecule has 1 atom stereocenters. The average molecular weight is 252 g/mol. The molecule has 0 heterocycles. The van der Waals surface area contributed by atoms with Crippen LogP contribution in [-0.2, 0) is 11.3 Å². The molecule has 4 heteroatoms. The van der Waals surface area contributed by atoms with Gasteiger partial charge in [-0.1, -0.05) is 12.1 Å². The summed E-state index contributed by atoms with van der Waals surface area (Å²) < 4.78 is 13.5. The van der Waals surface area contributed by atoms with Crippen LogP contribution >= 0.6 is 0 Å². The highest BCUT2D eigenvalue weighted by atomic mass is 19.1. The molecule has 18 heavy (non-hydrogen) atoms. The van der Waals surface area contributed by atoms with E-state index in [0.29, 0.717) is 17.7 Å². The van der Waals surface area contributed by atoms with Gasteiger partial charge in [0.05, 0.1) is 6.04 Å². The molecule has 1 N–H and O–H groups in total. The van der Waals surface area contributed by atoms with E-state index in [4.69, 9.17) is 0 Å². The Morgan fingerprint density at radius 2 is 1.83 bits per heavy atom. The molecule has 0 radical (unpaired) electrons. The number of carbonyl (C=O) groups excluding carboxylic acids is 1. The predicted octanol–water partition coefficient (Wildman–Crippen LogP) is 2.01. The zero-order valence-electron chi connectivity index (χ0n) is 11.7. The molecule has 1 rings (SSSR count). The first-order valence-electron chi connectivity index (χ1n) is 6.03. The SMILES string of the molecule is Cc1cc(CNC(C)C(=O)N(C)C)cc(C)c1F. The fourth-order valence-electron chi connectivity index (χ4n) is 1.88. The van der Waals surface area contributed by atoms with Crippen molar-refractivity contribution in [2.45, 2.75) is 33.4 Å². The van der Waals surface area contributed by atoms with Gasteiger partial charge in [-0.15, -0.1) is 0 Å². The maximum Gasteiger partial charge on any atom is 0.238 e. The minimum Gasteiger partial charge on any atom is -0.347 e. The first-order valence-corrected chi connectivity index (χ1v) is 6.03. The zero-order chi connectivity index (χ0) is 13.9. The van der Waals surface area contributed by atoms with E-state index in [0.717, 1.165) is 5.56 Å². The number of amides is 1. The third-order valence-corrected chi connectivity index (χ3v) is 2.92. The third kappa shape index (κ3) is 3.53. The summed E-state index contributed by atoms with van der Waals surface area (Å²) in [4.78, 5) is 13.2. The number of benzene rings is 1. The number of nitrogens with one attached hydrogen (secondary N) is 1. The zero-order valence-corrected chi connectivity index (χ0v) is 11.7. The highest BCUT2D eigenvalue weighted by Crippen LogP contribution is 2.14. The number of rotatable bonds is 4. The molecule has 100 valence electrons. The summed E-state index contributed by atoms with van der Waals surface area (Å²) in [7, 11) is 3.46. The predicted molar refractivity (Wildman–Crippen MR) is 70.9 cm³/mol. The highest BCUT2D eigenvalue weighted by molar-refractivity contribution is 5.80. The van der Waals surface area contributed by atoms with Crippen molar-refractivity contribution in [3.8, 4) is 0 Å². The van der Waals surface area contributed by atoms with Gasteiger partial charge in [-0.3, -0.25) is 4.79 Å². The van der Waals surface area contributed by atoms with Gasteiger partial charge in [-0.2, -0.15) is 0 Å². The Kier molecular flexibility index (Phi) is 4.84. The lowest BCUT2D eigenvalue weighted by molar-refractivity contribution is -0.130. The lowest BCUT2D eigenvalue weighted by Crippen LogP contribution is -2.41. The van der Waals surface area contributed by atoms with Crippen molar-refractivity contribution in [1.82, 2.24) is 10.2 Å². The van der Waals surface area contributed by atoms with Crippen LogP contribution in [0.5, 0.6) is 0 Å². The number of aryl methyl sites for hydroxylation is 2. The van der Waals surface area contributed by atoms with Crippen molar-refractivity contribution >= 4 is 5.91 Å². The summed E-state index contributed by atoms with van der Waals surface area (Å²) >= 11 is 0. The molecule has 0 aromatic heterocycles. The highest BCUT2D eigenvalue weighted by Gasteiger charge is 2.14. The Hall–Kier alpha value is -1.42. The first-order chi connectivity index (χ1) is 8.32. The normalized spacial score (nSPS) is 12.3. The minimum atomic E-state index is -0.245. The van der Waals surface area contributed by atoms with E-state index < -0.39 is 0 Å². The summed E-state index contributed by atoms with van der Waals surface area (Å²) in [6, 6.07) is 3.37. The number of carbonyl (C=O) groups is 1. The maximum atomic E-state index is 13.5. The molecule has 0 bridgehead atoms. The summed E-state index contributed by atoms with van der Waals surface area (Å²) in [6.07, 6.45) is 0. The lowest BCUT2D eigenvalue weighted by atomic mass is 10.1. The summed E-state index contributed by atoms with van der Waals surface area (Å²) in [5, 5.41) is 3.14. The second-order valence-electron chi connectivity index (χ2n) is 4.88. The van der Waals surface area contributed by atoms with Crippen LogP contribution in [0.3, 0.4) is 0 Å². The largest absolute Gasteiger partial charge is 0.347 e. The first kappa shape index (κ1) is 14.6. The van der Waals surface area contributed by atoms with Gasteiger partial charge in [-0.05, 0) is 37.5 Å². The molecule has 0 fully saturated rings. The molecule has 1 aromatic carbocycles. The number of hydrogen-bond acceptors (Lipinski definition) is 2. The van der Waals surface area contributed by atoms with Gasteiger partial charge in [0.25, 0.3) is 0 Å². The molecule has 0 aliphatic heterocycles. The van der Waals surface area contributed by atoms with Crippen LogP contribution in [0.15, 0.2) is 12.1 Å². The number of likely N-dealkylation sites (N-methyl/N-ethyl adjacent to an activating group) is 1. The van der Waals surface area contributed by atoms with E-state index in [1.54, 1.807) is 32.8 Å². The Morgan fingerprint density at radius 1 is 1.33 bits per heavy atom. The van der Waals surface area contributed by atoms with E-state index in [1.807, 2.05) is 19.1 Å². The Labute approximate surface area is 108 Å². The van der Waals surface area contributed by atoms with Gasteiger partial charge in [0.15, 0.2) is 0 Å². The smallest absolute Gasteiger partial charge is 0.238 e. The number of hydrogen-bond donors (Lipinski definition) is 1. The Bertz CT molecular complexity index is 420. The third-order valence-electron chi connectivity index (χ3n) is 2.92. The maximum absolute atomic E-state index is 13.5. The number of halogens is 1. The van der Waals surface area contributed by atoms with E-state index in [1.165, 1.54) is 0 Å². The van der Waals surface area contributed by atoms with Crippen molar-refractivity contribution in [2.75, 3.05) is 14.1 Å². The van der Waals surface area contributed by atoms with Crippen molar-refractivity contribution in [3.63, 3.8) is 0 Å². The molecule has 1 unspecified atom stereocenters. The van der Waals surface area contributed by atoms with Crippen LogP contribution in [0.2, 0.25) is 0 Å². The van der Waals surface area contributed by atoms with Gasteiger partial charge < -0.3 is 10.2 Å². The van der Waals surface area contributed by atoms with Crippen LogP contribution in [0.4, 0.5) is 4.39 Å². The van der Waals surface area contributed by atoms with Gasteiger partial charge in [0.1, 0.15) is 5.82 Å². The van der Waals surface area contributed by atoms with Gasteiger partial charge in [0, 0.05) is 20.6 Å². The van der Waals surface area contributed by atoms with Gasteiger partial charge >= 0.3 is 0 Å². The molecule has 3 nitrogen and oxygen atoms in total. The fraction of sp³-hybridized carbons (Fsp3) is 0.500. The summed E-state index contributed by atoms with van der Waals surface area (Å²) in [5.41, 5.74) is 2.27. The molecule has 1 aromatic rings. The average Bonchev–Trinajstić information content (AvgIpc) is 2.31. The van der Waals surface area contributed by atoms with E-state index in [9.17, 15) is 9.18 Å². The van der Waals surface area contributed by atoms with Crippen LogP contribution in [0, 0.1) is 19.7 Å². The molecule has 0 aliphatic carbocycles. The molecular weight excluding hydrogens is 231 g/mol. The van der Waals surface area contributed by atoms with E-state index in [-0.39, 0.29) is 17.8 Å².